The van der Waals surface area contributed by atoms with E-state index in [4.69, 9.17) is 4.74 Å². The summed E-state index contributed by atoms with van der Waals surface area (Å²) in [5.41, 5.74) is 2.07. The van der Waals surface area contributed by atoms with Gasteiger partial charge in [0, 0.05) is 17.0 Å². The van der Waals surface area contributed by atoms with Gasteiger partial charge in [-0.2, -0.15) is 0 Å². The number of hydrogen-bond acceptors (Lipinski definition) is 6. The molecule has 0 saturated heterocycles. The lowest BCUT2D eigenvalue weighted by atomic mass is 10.1. The molecule has 1 aromatic heterocycles. The summed E-state index contributed by atoms with van der Waals surface area (Å²) in [6, 6.07) is 5.82. The molecule has 3 rings (SSSR count). The molecular weight excluding hydrogens is 344 g/mol. The highest BCUT2D eigenvalue weighted by Gasteiger charge is 2.28. The highest BCUT2D eigenvalue weighted by molar-refractivity contribution is 7.17. The van der Waals surface area contributed by atoms with Crippen molar-refractivity contribution in [2.24, 2.45) is 0 Å². The average molecular weight is 360 g/mol. The lowest BCUT2D eigenvalue weighted by molar-refractivity contribution is -0.384. The Hall–Kier alpha value is -2.74. The molecule has 1 aromatic carbocycles. The third kappa shape index (κ3) is 3.53. The number of ether oxygens (including phenoxy) is 1. The zero-order valence-corrected chi connectivity index (χ0v) is 14.4. The molecular formula is C17H16N2O5S. The van der Waals surface area contributed by atoms with Crippen LogP contribution < -0.4 is 5.32 Å². The van der Waals surface area contributed by atoms with E-state index >= 15 is 0 Å². The van der Waals surface area contributed by atoms with Crippen LogP contribution in [-0.2, 0) is 28.8 Å². The molecule has 0 fully saturated rings. The fourth-order valence-corrected chi connectivity index (χ4v) is 4.20. The van der Waals surface area contributed by atoms with Crippen molar-refractivity contribution in [3.63, 3.8) is 0 Å². The van der Waals surface area contributed by atoms with Gasteiger partial charge in [0.25, 0.3) is 5.69 Å². The van der Waals surface area contributed by atoms with Gasteiger partial charge in [0.05, 0.1) is 24.0 Å². The summed E-state index contributed by atoms with van der Waals surface area (Å²) in [4.78, 5) is 35.7. The summed E-state index contributed by atoms with van der Waals surface area (Å²) in [5.74, 6) is -0.719. The van der Waals surface area contributed by atoms with Crippen LogP contribution in [0.4, 0.5) is 10.7 Å². The number of non-ortho nitro benzene ring substituents is 1. The van der Waals surface area contributed by atoms with Crippen LogP contribution in [0, 0.1) is 10.1 Å². The molecule has 0 saturated carbocycles. The van der Waals surface area contributed by atoms with E-state index in [9.17, 15) is 19.7 Å². The zero-order valence-electron chi connectivity index (χ0n) is 13.5. The van der Waals surface area contributed by atoms with Gasteiger partial charge in [-0.25, -0.2) is 4.79 Å². The SMILES string of the molecule is COC(=O)c1c(NC(=O)Cc2ccc([N+](=O)[O-])cc2)sc2c1CCC2. The van der Waals surface area contributed by atoms with Crippen molar-refractivity contribution in [1.82, 2.24) is 0 Å². The Labute approximate surface area is 147 Å². The highest BCUT2D eigenvalue weighted by atomic mass is 32.1. The van der Waals surface area contributed by atoms with Gasteiger partial charge in [0.1, 0.15) is 5.00 Å². The predicted octanol–water partition coefficient (Wildman–Crippen LogP) is 3.11. The smallest absolute Gasteiger partial charge is 0.341 e. The Morgan fingerprint density at radius 1 is 1.28 bits per heavy atom. The van der Waals surface area contributed by atoms with Crippen LogP contribution in [-0.4, -0.2) is 23.9 Å². The summed E-state index contributed by atoms with van der Waals surface area (Å²) >= 11 is 1.42. The molecule has 8 heteroatoms. The Kier molecular flexibility index (Phi) is 4.80. The average Bonchev–Trinajstić information content (AvgIpc) is 3.15. The lowest BCUT2D eigenvalue weighted by Crippen LogP contribution is -2.16. The third-order valence-electron chi connectivity index (χ3n) is 4.08. The number of hydrogen-bond donors (Lipinski definition) is 1. The molecule has 0 radical (unpaired) electrons. The molecule has 130 valence electrons. The van der Waals surface area contributed by atoms with Crippen molar-refractivity contribution in [3.8, 4) is 0 Å². The van der Waals surface area contributed by atoms with Crippen molar-refractivity contribution in [2.45, 2.75) is 25.7 Å². The maximum absolute atomic E-state index is 12.3. The van der Waals surface area contributed by atoms with Crippen molar-refractivity contribution in [1.29, 1.82) is 0 Å². The number of methoxy groups -OCH3 is 1. The molecule has 0 atom stereocenters. The number of benzene rings is 1. The highest BCUT2D eigenvalue weighted by Crippen LogP contribution is 2.39. The minimum atomic E-state index is -0.486. The first-order chi connectivity index (χ1) is 12.0. The van der Waals surface area contributed by atoms with E-state index in [-0.39, 0.29) is 18.0 Å². The second kappa shape index (κ2) is 7.02. The number of carbonyl (C=O) groups excluding carboxylic acids is 2. The van der Waals surface area contributed by atoms with Crippen LogP contribution in [0.5, 0.6) is 0 Å². The molecule has 7 nitrogen and oxygen atoms in total. The Balaban J connectivity index is 1.75. The molecule has 1 aliphatic carbocycles. The standard InChI is InChI=1S/C17H16N2O5S/c1-24-17(21)15-12-3-2-4-13(12)25-16(15)18-14(20)9-10-5-7-11(8-6-10)19(22)23/h5-8H,2-4,9H2,1H3,(H,18,20). The molecule has 0 bridgehead atoms. The summed E-state index contributed by atoms with van der Waals surface area (Å²) in [6.07, 6.45) is 2.79. The monoisotopic (exact) mass is 360 g/mol. The van der Waals surface area contributed by atoms with Crippen molar-refractivity contribution in [3.05, 3.63) is 55.9 Å². The van der Waals surface area contributed by atoms with E-state index in [0.717, 1.165) is 29.7 Å². The fourth-order valence-electron chi connectivity index (χ4n) is 2.90. The molecule has 1 amide bonds. The Morgan fingerprint density at radius 3 is 2.64 bits per heavy atom. The topological polar surface area (TPSA) is 98.5 Å². The molecule has 25 heavy (non-hydrogen) atoms. The molecule has 1 heterocycles. The van der Waals surface area contributed by atoms with Crippen LogP contribution in [0.2, 0.25) is 0 Å². The summed E-state index contributed by atoms with van der Waals surface area (Å²) < 4.78 is 4.85. The van der Waals surface area contributed by atoms with E-state index < -0.39 is 10.9 Å². The van der Waals surface area contributed by atoms with Gasteiger partial charge in [-0.05, 0) is 30.4 Å². The first-order valence-electron chi connectivity index (χ1n) is 7.75. The van der Waals surface area contributed by atoms with Gasteiger partial charge >= 0.3 is 5.97 Å². The van der Waals surface area contributed by atoms with E-state index in [2.05, 4.69) is 5.32 Å². The first-order valence-corrected chi connectivity index (χ1v) is 8.57. The minimum absolute atomic E-state index is 0.0215. The number of nitro benzene ring substituents is 1. The quantitative estimate of drug-likeness (QED) is 0.502. The van der Waals surface area contributed by atoms with Crippen LogP contribution in [0.15, 0.2) is 24.3 Å². The normalized spacial score (nSPS) is 12.5. The third-order valence-corrected chi connectivity index (χ3v) is 5.28. The Bertz CT molecular complexity index is 841. The molecule has 1 aliphatic rings. The zero-order chi connectivity index (χ0) is 18.0. The Morgan fingerprint density at radius 2 is 2.00 bits per heavy atom. The van der Waals surface area contributed by atoms with Crippen LogP contribution >= 0.6 is 11.3 Å². The fraction of sp³-hybridized carbons (Fsp3) is 0.294. The molecule has 0 spiro atoms. The number of carbonyl (C=O) groups is 2. The van der Waals surface area contributed by atoms with Gasteiger partial charge in [-0.3, -0.25) is 14.9 Å². The van der Waals surface area contributed by atoms with Crippen molar-refractivity contribution in [2.75, 3.05) is 12.4 Å². The maximum Gasteiger partial charge on any atom is 0.341 e. The van der Waals surface area contributed by atoms with Gasteiger partial charge in [-0.15, -0.1) is 11.3 Å². The summed E-state index contributed by atoms with van der Waals surface area (Å²) in [6.45, 7) is 0. The second-order valence-electron chi connectivity index (χ2n) is 5.70. The minimum Gasteiger partial charge on any atom is -0.465 e. The second-order valence-corrected chi connectivity index (χ2v) is 6.81. The van der Waals surface area contributed by atoms with Crippen LogP contribution in [0.25, 0.3) is 0 Å². The van der Waals surface area contributed by atoms with Gasteiger partial charge in [-0.1, -0.05) is 12.1 Å². The molecule has 0 unspecified atom stereocenters. The van der Waals surface area contributed by atoms with E-state index in [1.165, 1.54) is 30.6 Å². The largest absolute Gasteiger partial charge is 0.465 e. The number of amides is 1. The molecule has 0 aliphatic heterocycles. The van der Waals surface area contributed by atoms with Crippen molar-refractivity contribution >= 4 is 33.9 Å². The van der Waals surface area contributed by atoms with E-state index in [1.807, 2.05) is 0 Å². The number of nitrogens with one attached hydrogen (secondary N) is 1. The first kappa shape index (κ1) is 17.1. The number of thiophene rings is 1. The van der Waals surface area contributed by atoms with Gasteiger partial charge in [0.2, 0.25) is 5.91 Å². The molecule has 2 aromatic rings. The summed E-state index contributed by atoms with van der Waals surface area (Å²) in [5, 5.41) is 14.0. The number of nitrogens with zero attached hydrogens (tertiary/aromatic N) is 1. The number of fused-ring (bicyclic) bond motifs is 1. The van der Waals surface area contributed by atoms with Crippen LogP contribution in [0.1, 0.15) is 32.8 Å². The van der Waals surface area contributed by atoms with E-state index in [1.54, 1.807) is 12.1 Å². The van der Waals surface area contributed by atoms with Gasteiger partial charge in [0.15, 0.2) is 0 Å². The lowest BCUT2D eigenvalue weighted by Gasteiger charge is -2.07. The van der Waals surface area contributed by atoms with E-state index in [0.29, 0.717) is 16.1 Å². The number of rotatable bonds is 5. The number of aryl methyl sites for hydroxylation is 1. The van der Waals surface area contributed by atoms with Crippen LogP contribution in [0.3, 0.4) is 0 Å². The summed E-state index contributed by atoms with van der Waals surface area (Å²) in [7, 11) is 1.32. The number of esters is 1. The number of anilines is 1. The van der Waals surface area contributed by atoms with Crippen molar-refractivity contribution < 1.29 is 19.2 Å². The van der Waals surface area contributed by atoms with Gasteiger partial charge < -0.3 is 10.1 Å². The predicted molar refractivity (Wildman–Crippen MR) is 93.1 cm³/mol. The number of nitro groups is 1. The molecule has 1 N–H and O–H groups in total. The maximum atomic E-state index is 12.3.